The minimum absolute atomic E-state index is 0.159. The number of hydrogen-bond acceptors (Lipinski definition) is 6. The van der Waals surface area contributed by atoms with E-state index in [0.717, 1.165) is 5.56 Å². The maximum Gasteiger partial charge on any atom is 0.228 e. The van der Waals surface area contributed by atoms with Crippen molar-refractivity contribution in [1.29, 1.82) is 0 Å². The van der Waals surface area contributed by atoms with Gasteiger partial charge < -0.3 is 24.3 Å². The van der Waals surface area contributed by atoms with E-state index in [9.17, 15) is 4.79 Å². The lowest BCUT2D eigenvalue weighted by atomic mass is 10.1. The van der Waals surface area contributed by atoms with E-state index in [-0.39, 0.29) is 12.3 Å². The molecule has 0 saturated carbocycles. The predicted octanol–water partition coefficient (Wildman–Crippen LogP) is 4.08. The van der Waals surface area contributed by atoms with Crippen molar-refractivity contribution in [2.45, 2.75) is 6.42 Å². The molecule has 2 aromatic carbocycles. The van der Waals surface area contributed by atoms with E-state index < -0.39 is 0 Å². The largest absolute Gasteiger partial charge is 0.493 e. The third kappa shape index (κ3) is 5.16. The number of rotatable bonds is 8. The third-order valence-corrected chi connectivity index (χ3v) is 4.11. The van der Waals surface area contributed by atoms with E-state index in [4.69, 9.17) is 18.9 Å². The molecule has 0 fully saturated rings. The highest BCUT2D eigenvalue weighted by Gasteiger charge is 2.15. The average molecular weight is 394 g/mol. The number of methoxy groups -OCH3 is 3. The van der Waals surface area contributed by atoms with E-state index >= 15 is 0 Å². The highest BCUT2D eigenvalue weighted by molar-refractivity contribution is 5.92. The van der Waals surface area contributed by atoms with Gasteiger partial charge in [-0.15, -0.1) is 0 Å². The first-order valence-electron chi connectivity index (χ1n) is 8.89. The van der Waals surface area contributed by atoms with Crippen LogP contribution in [0.1, 0.15) is 5.56 Å². The Morgan fingerprint density at radius 3 is 2.00 bits per heavy atom. The molecule has 1 amide bonds. The van der Waals surface area contributed by atoms with E-state index in [1.165, 1.54) is 21.3 Å². The summed E-state index contributed by atoms with van der Waals surface area (Å²) in [5, 5.41) is 2.87. The van der Waals surface area contributed by atoms with Gasteiger partial charge in [-0.1, -0.05) is 0 Å². The molecule has 7 heteroatoms. The molecular formula is C22H22N2O5. The van der Waals surface area contributed by atoms with Crippen molar-refractivity contribution in [3.63, 3.8) is 0 Å². The topological polar surface area (TPSA) is 78.9 Å². The van der Waals surface area contributed by atoms with Gasteiger partial charge in [0.2, 0.25) is 11.7 Å². The summed E-state index contributed by atoms with van der Waals surface area (Å²) in [4.78, 5) is 16.4. The van der Waals surface area contributed by atoms with Crippen LogP contribution >= 0.6 is 0 Å². The molecule has 150 valence electrons. The molecule has 0 unspecified atom stereocenters. The number of carbonyl (C=O) groups is 1. The van der Waals surface area contributed by atoms with Gasteiger partial charge in [0.05, 0.1) is 27.8 Å². The molecule has 3 aromatic rings. The fourth-order valence-electron chi connectivity index (χ4n) is 2.78. The Hall–Kier alpha value is -3.74. The zero-order chi connectivity index (χ0) is 20.6. The van der Waals surface area contributed by atoms with E-state index in [1.54, 1.807) is 60.9 Å². The lowest BCUT2D eigenvalue weighted by Crippen LogP contribution is -2.14. The summed E-state index contributed by atoms with van der Waals surface area (Å²) in [6.07, 6.45) is 3.48. The number of hydrogen-bond donors (Lipinski definition) is 1. The SMILES string of the molecule is COc1cc(CC(=O)Nc2ccc(Oc3ccncc3)cc2)cc(OC)c1OC. The smallest absolute Gasteiger partial charge is 0.228 e. The number of ether oxygens (including phenoxy) is 4. The van der Waals surface area contributed by atoms with Gasteiger partial charge in [-0.2, -0.15) is 0 Å². The van der Waals surface area contributed by atoms with Crippen LogP contribution in [-0.2, 0) is 11.2 Å². The first-order valence-corrected chi connectivity index (χ1v) is 8.89. The summed E-state index contributed by atoms with van der Waals surface area (Å²) in [5.74, 6) is 2.70. The Morgan fingerprint density at radius 1 is 0.862 bits per heavy atom. The maximum absolute atomic E-state index is 12.4. The lowest BCUT2D eigenvalue weighted by molar-refractivity contribution is -0.115. The Labute approximate surface area is 169 Å². The van der Waals surface area contributed by atoms with Gasteiger partial charge in [0, 0.05) is 18.1 Å². The number of benzene rings is 2. The minimum atomic E-state index is -0.165. The molecule has 0 saturated heterocycles. The molecule has 0 spiro atoms. The number of amides is 1. The summed E-state index contributed by atoms with van der Waals surface area (Å²) in [7, 11) is 4.61. The van der Waals surface area contributed by atoms with Crippen LogP contribution in [0.25, 0.3) is 0 Å². The van der Waals surface area contributed by atoms with Crippen LogP contribution in [0, 0.1) is 0 Å². The van der Waals surface area contributed by atoms with Crippen LogP contribution < -0.4 is 24.3 Å². The fraction of sp³-hybridized carbons (Fsp3) is 0.182. The van der Waals surface area contributed by atoms with Crippen LogP contribution in [-0.4, -0.2) is 32.2 Å². The molecule has 29 heavy (non-hydrogen) atoms. The van der Waals surface area contributed by atoms with Gasteiger partial charge in [-0.3, -0.25) is 9.78 Å². The second-order valence-electron chi connectivity index (χ2n) is 6.07. The molecule has 1 N–H and O–H groups in total. The van der Waals surface area contributed by atoms with Crippen molar-refractivity contribution >= 4 is 11.6 Å². The minimum Gasteiger partial charge on any atom is -0.493 e. The number of anilines is 1. The highest BCUT2D eigenvalue weighted by atomic mass is 16.5. The highest BCUT2D eigenvalue weighted by Crippen LogP contribution is 2.38. The van der Waals surface area contributed by atoms with E-state index in [0.29, 0.717) is 34.4 Å². The number of nitrogens with zero attached hydrogens (tertiary/aromatic N) is 1. The van der Waals surface area contributed by atoms with E-state index in [2.05, 4.69) is 10.3 Å². The molecule has 0 aliphatic carbocycles. The summed E-state index contributed by atoms with van der Waals surface area (Å²) >= 11 is 0. The van der Waals surface area contributed by atoms with Crippen molar-refractivity contribution in [2.24, 2.45) is 0 Å². The summed E-state index contributed by atoms with van der Waals surface area (Å²) in [5.41, 5.74) is 1.42. The molecule has 0 atom stereocenters. The predicted molar refractivity (Wildman–Crippen MR) is 109 cm³/mol. The van der Waals surface area contributed by atoms with Crippen molar-refractivity contribution in [3.05, 3.63) is 66.5 Å². The van der Waals surface area contributed by atoms with Crippen molar-refractivity contribution in [2.75, 3.05) is 26.6 Å². The molecule has 7 nitrogen and oxygen atoms in total. The Kier molecular flexibility index (Phi) is 6.52. The average Bonchev–Trinajstić information content (AvgIpc) is 2.75. The fourth-order valence-corrected chi connectivity index (χ4v) is 2.78. The van der Waals surface area contributed by atoms with Crippen LogP contribution in [0.3, 0.4) is 0 Å². The number of aromatic nitrogens is 1. The van der Waals surface area contributed by atoms with E-state index in [1.807, 2.05) is 0 Å². The Balaban J connectivity index is 1.65. The molecule has 1 heterocycles. The summed E-state index contributed by atoms with van der Waals surface area (Å²) in [6.45, 7) is 0. The number of nitrogens with one attached hydrogen (secondary N) is 1. The first kappa shape index (κ1) is 20.0. The van der Waals surface area contributed by atoms with Crippen molar-refractivity contribution < 1.29 is 23.7 Å². The Bertz CT molecular complexity index is 934. The normalized spacial score (nSPS) is 10.2. The lowest BCUT2D eigenvalue weighted by Gasteiger charge is -2.14. The molecule has 0 aliphatic rings. The molecule has 0 bridgehead atoms. The summed E-state index contributed by atoms with van der Waals surface area (Å²) in [6, 6.07) is 14.2. The summed E-state index contributed by atoms with van der Waals surface area (Å²) < 4.78 is 21.7. The van der Waals surface area contributed by atoms with Crippen LogP contribution in [0.2, 0.25) is 0 Å². The molecule has 0 radical (unpaired) electrons. The van der Waals surface area contributed by atoms with Crippen LogP contribution in [0.5, 0.6) is 28.7 Å². The quantitative estimate of drug-likeness (QED) is 0.620. The van der Waals surface area contributed by atoms with Gasteiger partial charge in [0.15, 0.2) is 11.5 Å². The zero-order valence-corrected chi connectivity index (χ0v) is 16.5. The van der Waals surface area contributed by atoms with Crippen LogP contribution in [0.4, 0.5) is 5.69 Å². The van der Waals surface area contributed by atoms with Crippen LogP contribution in [0.15, 0.2) is 60.9 Å². The molecule has 1 aromatic heterocycles. The molecule has 3 rings (SSSR count). The van der Waals surface area contributed by atoms with Gasteiger partial charge >= 0.3 is 0 Å². The number of pyridine rings is 1. The van der Waals surface area contributed by atoms with Gasteiger partial charge in [0.25, 0.3) is 0 Å². The standard InChI is InChI=1S/C22H22N2O5/c1-26-19-12-15(13-20(27-2)22(19)28-3)14-21(25)24-16-4-6-17(7-5-16)29-18-8-10-23-11-9-18/h4-13H,14H2,1-3H3,(H,24,25). The number of carbonyl (C=O) groups excluding carboxylic acids is 1. The second kappa shape index (κ2) is 9.45. The van der Waals surface area contributed by atoms with Gasteiger partial charge in [0.1, 0.15) is 11.5 Å². The van der Waals surface area contributed by atoms with Gasteiger partial charge in [-0.25, -0.2) is 0 Å². The van der Waals surface area contributed by atoms with Crippen molar-refractivity contribution in [3.8, 4) is 28.7 Å². The Morgan fingerprint density at radius 2 is 1.45 bits per heavy atom. The molecule has 0 aliphatic heterocycles. The van der Waals surface area contributed by atoms with Gasteiger partial charge in [-0.05, 0) is 54.1 Å². The molecular weight excluding hydrogens is 372 g/mol. The van der Waals surface area contributed by atoms with Crippen molar-refractivity contribution in [1.82, 2.24) is 4.98 Å². The maximum atomic E-state index is 12.4. The monoisotopic (exact) mass is 394 g/mol. The first-order chi connectivity index (χ1) is 14.1. The zero-order valence-electron chi connectivity index (χ0n) is 16.5. The second-order valence-corrected chi connectivity index (χ2v) is 6.07. The third-order valence-electron chi connectivity index (χ3n) is 4.11.